The second-order valence-corrected chi connectivity index (χ2v) is 6.08. The van der Waals surface area contributed by atoms with Crippen molar-refractivity contribution in [3.8, 4) is 5.75 Å². The highest BCUT2D eigenvalue weighted by Gasteiger charge is 2.00. The van der Waals surface area contributed by atoms with Crippen molar-refractivity contribution in [1.29, 1.82) is 0 Å². The molecule has 0 spiro atoms. The van der Waals surface area contributed by atoms with Crippen molar-refractivity contribution in [1.82, 2.24) is 15.5 Å². The lowest BCUT2D eigenvalue weighted by atomic mass is 10.3. The number of likely N-dealkylation sites (N-methyl/N-ethyl adjacent to an activating group) is 1. The van der Waals surface area contributed by atoms with Gasteiger partial charge in [0.25, 0.3) is 0 Å². The number of methoxy groups -OCH3 is 1. The van der Waals surface area contributed by atoms with Gasteiger partial charge in [-0.3, -0.25) is 4.99 Å². The molecule has 1 aromatic carbocycles. The zero-order chi connectivity index (χ0) is 19.0. The molecule has 1 rings (SSSR count). The van der Waals surface area contributed by atoms with Gasteiger partial charge in [0, 0.05) is 46.9 Å². The maximum Gasteiger partial charge on any atom is 0.191 e. The average molecular weight is 368 g/mol. The topological polar surface area (TPSA) is 58.1 Å². The van der Waals surface area contributed by atoms with Gasteiger partial charge in [-0.25, -0.2) is 4.39 Å². The molecule has 0 bridgehead atoms. The van der Waals surface area contributed by atoms with E-state index in [0.717, 1.165) is 58.0 Å². The fourth-order valence-electron chi connectivity index (χ4n) is 2.33. The lowest BCUT2D eigenvalue weighted by molar-refractivity contribution is 0.180. The van der Waals surface area contributed by atoms with Gasteiger partial charge in [0.05, 0.1) is 6.61 Å². The number of ether oxygens (including phenoxy) is 2. The molecule has 7 heteroatoms. The van der Waals surface area contributed by atoms with Crippen LogP contribution < -0.4 is 15.4 Å². The van der Waals surface area contributed by atoms with Gasteiger partial charge >= 0.3 is 0 Å². The Morgan fingerprint density at radius 3 is 2.46 bits per heavy atom. The standard InChI is InChI=1S/C19H33FN4O2/c1-21-19(23-12-14-24(2)13-6-15-25-3)22-11-4-5-16-26-18-9-7-17(20)8-10-18/h7-10H,4-6,11-16H2,1-3H3,(H2,21,22,23). The minimum Gasteiger partial charge on any atom is -0.494 e. The van der Waals surface area contributed by atoms with Crippen LogP contribution >= 0.6 is 0 Å². The molecule has 0 aliphatic carbocycles. The summed E-state index contributed by atoms with van der Waals surface area (Å²) in [6.07, 6.45) is 2.93. The van der Waals surface area contributed by atoms with E-state index in [2.05, 4.69) is 27.6 Å². The van der Waals surface area contributed by atoms with Crippen molar-refractivity contribution in [2.45, 2.75) is 19.3 Å². The lowest BCUT2D eigenvalue weighted by Gasteiger charge is -2.18. The van der Waals surface area contributed by atoms with E-state index >= 15 is 0 Å². The molecule has 0 saturated carbocycles. The van der Waals surface area contributed by atoms with E-state index in [1.807, 2.05) is 0 Å². The lowest BCUT2D eigenvalue weighted by Crippen LogP contribution is -2.41. The Kier molecular flexibility index (Phi) is 12.2. The van der Waals surface area contributed by atoms with E-state index in [4.69, 9.17) is 9.47 Å². The van der Waals surface area contributed by atoms with Gasteiger partial charge in [-0.15, -0.1) is 0 Å². The molecule has 148 valence electrons. The molecule has 0 radical (unpaired) electrons. The zero-order valence-electron chi connectivity index (χ0n) is 16.3. The zero-order valence-corrected chi connectivity index (χ0v) is 16.3. The molecule has 6 nitrogen and oxygen atoms in total. The number of guanidine groups is 1. The summed E-state index contributed by atoms with van der Waals surface area (Å²) in [5, 5.41) is 6.61. The molecule has 2 N–H and O–H groups in total. The van der Waals surface area contributed by atoms with Crippen molar-refractivity contribution in [2.75, 3.05) is 60.6 Å². The summed E-state index contributed by atoms with van der Waals surface area (Å²) in [5.41, 5.74) is 0. The predicted molar refractivity (Wildman–Crippen MR) is 104 cm³/mol. The van der Waals surface area contributed by atoms with Crippen LogP contribution in [0.5, 0.6) is 5.75 Å². The summed E-state index contributed by atoms with van der Waals surface area (Å²) < 4.78 is 23.4. The maximum absolute atomic E-state index is 12.8. The Labute approximate surface area is 156 Å². The average Bonchev–Trinajstić information content (AvgIpc) is 2.64. The normalized spacial score (nSPS) is 11.7. The Morgan fingerprint density at radius 1 is 1.04 bits per heavy atom. The Morgan fingerprint density at radius 2 is 1.77 bits per heavy atom. The number of nitrogens with one attached hydrogen (secondary N) is 2. The van der Waals surface area contributed by atoms with Gasteiger partial charge in [0.1, 0.15) is 11.6 Å². The van der Waals surface area contributed by atoms with E-state index in [0.29, 0.717) is 12.4 Å². The van der Waals surface area contributed by atoms with E-state index in [-0.39, 0.29) is 5.82 Å². The van der Waals surface area contributed by atoms with Crippen molar-refractivity contribution in [3.63, 3.8) is 0 Å². The second-order valence-electron chi connectivity index (χ2n) is 6.08. The quantitative estimate of drug-likeness (QED) is 0.317. The van der Waals surface area contributed by atoms with Crippen molar-refractivity contribution < 1.29 is 13.9 Å². The third-order valence-corrected chi connectivity index (χ3v) is 3.84. The summed E-state index contributed by atoms with van der Waals surface area (Å²) in [7, 11) is 5.61. The second kappa shape index (κ2) is 14.3. The molecule has 0 heterocycles. The Balaban J connectivity index is 2.03. The van der Waals surface area contributed by atoms with Crippen LogP contribution in [0.4, 0.5) is 4.39 Å². The van der Waals surface area contributed by atoms with Crippen LogP contribution in [0, 0.1) is 5.82 Å². The Hall–Kier alpha value is -1.86. The molecule has 0 unspecified atom stereocenters. The number of hydrogen-bond acceptors (Lipinski definition) is 4. The largest absolute Gasteiger partial charge is 0.494 e. The highest BCUT2D eigenvalue weighted by atomic mass is 19.1. The van der Waals surface area contributed by atoms with E-state index in [1.165, 1.54) is 12.1 Å². The Bertz CT molecular complexity index is 497. The van der Waals surface area contributed by atoms with Crippen LogP contribution in [0.1, 0.15) is 19.3 Å². The molecule has 1 aromatic rings. The van der Waals surface area contributed by atoms with Crippen LogP contribution in [-0.4, -0.2) is 71.5 Å². The first-order chi connectivity index (χ1) is 12.7. The van der Waals surface area contributed by atoms with Gasteiger partial charge in [0.2, 0.25) is 0 Å². The summed E-state index contributed by atoms with van der Waals surface area (Å²) in [5.74, 6) is 1.27. The first-order valence-electron chi connectivity index (χ1n) is 9.16. The molecule has 0 aliphatic rings. The minimum atomic E-state index is -0.249. The molecule has 0 aliphatic heterocycles. The highest BCUT2D eigenvalue weighted by Crippen LogP contribution is 2.11. The number of rotatable bonds is 13. The summed E-state index contributed by atoms with van der Waals surface area (Å²) >= 11 is 0. The first-order valence-corrected chi connectivity index (χ1v) is 9.16. The fraction of sp³-hybridized carbons (Fsp3) is 0.632. The number of unbranched alkanes of at least 4 members (excludes halogenated alkanes) is 1. The van der Waals surface area contributed by atoms with Crippen molar-refractivity contribution in [2.24, 2.45) is 4.99 Å². The van der Waals surface area contributed by atoms with E-state index in [1.54, 1.807) is 26.3 Å². The smallest absolute Gasteiger partial charge is 0.191 e. The van der Waals surface area contributed by atoms with Crippen molar-refractivity contribution >= 4 is 5.96 Å². The molecule has 0 amide bonds. The molecule has 0 aromatic heterocycles. The van der Waals surface area contributed by atoms with Crippen LogP contribution in [0.25, 0.3) is 0 Å². The third kappa shape index (κ3) is 10.9. The van der Waals surface area contributed by atoms with Crippen LogP contribution in [0.3, 0.4) is 0 Å². The van der Waals surface area contributed by atoms with Crippen LogP contribution in [0.2, 0.25) is 0 Å². The summed E-state index contributed by atoms with van der Waals surface area (Å²) in [4.78, 5) is 6.49. The van der Waals surface area contributed by atoms with Gasteiger partial charge < -0.3 is 25.0 Å². The van der Waals surface area contributed by atoms with Gasteiger partial charge in [-0.05, 0) is 50.6 Å². The monoisotopic (exact) mass is 368 g/mol. The number of benzene rings is 1. The molecular formula is C19H33FN4O2. The third-order valence-electron chi connectivity index (χ3n) is 3.84. The minimum absolute atomic E-state index is 0.249. The SMILES string of the molecule is CN=C(NCCCCOc1ccc(F)cc1)NCCN(C)CCCOC. The number of hydrogen-bond donors (Lipinski definition) is 2. The number of halogens is 1. The van der Waals surface area contributed by atoms with Crippen molar-refractivity contribution in [3.05, 3.63) is 30.1 Å². The van der Waals surface area contributed by atoms with Crippen LogP contribution in [-0.2, 0) is 4.74 Å². The molecule has 0 atom stereocenters. The molecule has 0 fully saturated rings. The van der Waals surface area contributed by atoms with E-state index in [9.17, 15) is 4.39 Å². The number of nitrogens with zero attached hydrogens (tertiary/aromatic N) is 2. The van der Waals surface area contributed by atoms with Gasteiger partial charge in [-0.2, -0.15) is 0 Å². The molecule has 26 heavy (non-hydrogen) atoms. The van der Waals surface area contributed by atoms with Gasteiger partial charge in [-0.1, -0.05) is 0 Å². The highest BCUT2D eigenvalue weighted by molar-refractivity contribution is 5.79. The van der Waals surface area contributed by atoms with Crippen LogP contribution in [0.15, 0.2) is 29.3 Å². The molecule has 0 saturated heterocycles. The summed E-state index contributed by atoms with van der Waals surface area (Å²) in [6, 6.07) is 6.10. The fourth-order valence-corrected chi connectivity index (χ4v) is 2.33. The summed E-state index contributed by atoms with van der Waals surface area (Å²) in [6.45, 7) is 5.07. The predicted octanol–water partition coefficient (Wildman–Crippen LogP) is 2.12. The van der Waals surface area contributed by atoms with Gasteiger partial charge in [0.15, 0.2) is 5.96 Å². The first kappa shape index (κ1) is 22.2. The number of aliphatic imine (C=N–C) groups is 1. The maximum atomic E-state index is 12.8. The van der Waals surface area contributed by atoms with E-state index < -0.39 is 0 Å². The molecular weight excluding hydrogens is 335 g/mol.